The summed E-state index contributed by atoms with van der Waals surface area (Å²) < 4.78 is 0. The van der Waals surface area contributed by atoms with Gasteiger partial charge in [-0.1, -0.05) is 96.7 Å². The van der Waals surface area contributed by atoms with Crippen molar-refractivity contribution in [1.29, 1.82) is 0 Å². The first kappa shape index (κ1) is 27.1. The summed E-state index contributed by atoms with van der Waals surface area (Å²) in [4.78, 5) is 28.8. The first-order chi connectivity index (χ1) is 16.9. The molecule has 7 heteroatoms. The summed E-state index contributed by atoms with van der Waals surface area (Å²) in [7, 11) is 0. The van der Waals surface area contributed by atoms with Crippen molar-refractivity contribution in [2.75, 3.05) is 6.54 Å². The Labute approximate surface area is 222 Å². The summed E-state index contributed by atoms with van der Waals surface area (Å²) in [5.74, 6) is -0.373. The zero-order valence-corrected chi connectivity index (χ0v) is 21.9. The van der Waals surface area contributed by atoms with Gasteiger partial charge in [0.05, 0.1) is 6.42 Å². The highest BCUT2D eigenvalue weighted by atomic mass is 35.5. The second kappa shape index (κ2) is 13.5. The lowest BCUT2D eigenvalue weighted by atomic mass is 10.0. The number of rotatable bonds is 11. The Balaban J connectivity index is 1.95. The van der Waals surface area contributed by atoms with E-state index in [0.29, 0.717) is 33.6 Å². The van der Waals surface area contributed by atoms with Crippen LogP contribution in [0.4, 0.5) is 0 Å². The predicted molar refractivity (Wildman–Crippen MR) is 144 cm³/mol. The van der Waals surface area contributed by atoms with E-state index in [0.717, 1.165) is 24.0 Å². The summed E-state index contributed by atoms with van der Waals surface area (Å²) in [5.41, 5.74) is 2.51. The molecule has 0 aliphatic carbocycles. The fraction of sp³-hybridized carbons (Fsp3) is 0.286. The lowest BCUT2D eigenvalue weighted by Gasteiger charge is -2.32. The highest BCUT2D eigenvalue weighted by Gasteiger charge is 2.30. The smallest absolute Gasteiger partial charge is 0.243 e. The van der Waals surface area contributed by atoms with Crippen molar-refractivity contribution in [3.05, 3.63) is 105 Å². The number of unbranched alkanes of at least 4 members (excludes halogenated alkanes) is 1. The molecule has 3 aromatic carbocycles. The van der Waals surface area contributed by atoms with Crippen LogP contribution in [0.5, 0.6) is 0 Å². The van der Waals surface area contributed by atoms with Crippen LogP contribution in [0.3, 0.4) is 0 Å². The average molecular weight is 532 g/mol. The van der Waals surface area contributed by atoms with Crippen LogP contribution < -0.4 is 5.32 Å². The summed E-state index contributed by atoms with van der Waals surface area (Å²) >= 11 is 18.5. The van der Waals surface area contributed by atoms with E-state index in [1.54, 1.807) is 35.2 Å². The maximum atomic E-state index is 13.7. The Bertz CT molecular complexity index is 1120. The number of halogens is 3. The highest BCUT2D eigenvalue weighted by Crippen LogP contribution is 2.23. The number of nitrogens with zero attached hydrogens (tertiary/aromatic N) is 1. The molecule has 0 fully saturated rings. The molecule has 3 rings (SSSR count). The van der Waals surface area contributed by atoms with Gasteiger partial charge in [0.25, 0.3) is 0 Å². The lowest BCUT2D eigenvalue weighted by Crippen LogP contribution is -2.51. The highest BCUT2D eigenvalue weighted by molar-refractivity contribution is 6.35. The van der Waals surface area contributed by atoms with Crippen molar-refractivity contribution in [2.45, 2.75) is 45.2 Å². The van der Waals surface area contributed by atoms with Crippen LogP contribution in [-0.2, 0) is 29.0 Å². The van der Waals surface area contributed by atoms with Crippen molar-refractivity contribution in [2.24, 2.45) is 0 Å². The molecule has 0 aliphatic rings. The number of benzene rings is 3. The molecule has 0 unspecified atom stereocenters. The Hall–Kier alpha value is -2.53. The number of hydrogen-bond acceptors (Lipinski definition) is 2. The monoisotopic (exact) mass is 530 g/mol. The second-order valence-electron chi connectivity index (χ2n) is 8.41. The molecule has 0 saturated carbocycles. The number of carbonyl (C=O) groups excluding carboxylic acids is 2. The van der Waals surface area contributed by atoms with E-state index >= 15 is 0 Å². The van der Waals surface area contributed by atoms with Crippen molar-refractivity contribution in [3.8, 4) is 0 Å². The minimum atomic E-state index is -0.691. The Morgan fingerprint density at radius 3 is 2.23 bits per heavy atom. The van der Waals surface area contributed by atoms with E-state index in [1.807, 2.05) is 42.5 Å². The maximum absolute atomic E-state index is 13.7. The molecule has 2 amide bonds. The van der Waals surface area contributed by atoms with Crippen molar-refractivity contribution in [1.82, 2.24) is 10.2 Å². The molecule has 0 aliphatic heterocycles. The molecule has 1 atom stereocenters. The third-order valence-electron chi connectivity index (χ3n) is 5.72. The predicted octanol–water partition coefficient (Wildman–Crippen LogP) is 6.75. The largest absolute Gasteiger partial charge is 0.354 e. The van der Waals surface area contributed by atoms with E-state index in [-0.39, 0.29) is 24.8 Å². The fourth-order valence-corrected chi connectivity index (χ4v) is 4.38. The van der Waals surface area contributed by atoms with Crippen LogP contribution in [0.2, 0.25) is 15.1 Å². The van der Waals surface area contributed by atoms with Gasteiger partial charge >= 0.3 is 0 Å². The van der Waals surface area contributed by atoms with E-state index in [2.05, 4.69) is 12.2 Å². The third kappa shape index (κ3) is 8.28. The van der Waals surface area contributed by atoms with E-state index < -0.39 is 6.04 Å². The molecule has 0 saturated heterocycles. The molecule has 0 spiro atoms. The third-order valence-corrected chi connectivity index (χ3v) is 6.56. The number of carbonyl (C=O) groups is 2. The molecule has 0 radical (unpaired) electrons. The molecule has 0 heterocycles. The summed E-state index contributed by atoms with van der Waals surface area (Å²) in [6.07, 6.45) is 2.28. The molecule has 35 heavy (non-hydrogen) atoms. The van der Waals surface area contributed by atoms with E-state index in [1.165, 1.54) is 0 Å². The quantitative estimate of drug-likeness (QED) is 0.278. The van der Waals surface area contributed by atoms with Gasteiger partial charge in [0.2, 0.25) is 11.8 Å². The second-order valence-corrected chi connectivity index (χ2v) is 9.69. The number of hydrogen-bond donors (Lipinski definition) is 1. The Morgan fingerprint density at radius 1 is 0.886 bits per heavy atom. The molecule has 1 N–H and O–H groups in total. The van der Waals surface area contributed by atoms with Crippen molar-refractivity contribution in [3.63, 3.8) is 0 Å². The zero-order chi connectivity index (χ0) is 25.2. The standard InChI is InChI=1S/C28H29Cl3N2O2/c1-2-3-15-32-28(35)26(16-20-7-5-4-6-8-20)33(19-21-9-12-23(29)13-10-21)27(34)17-22-11-14-24(30)18-25(22)31/h4-14,18,26H,2-3,15-17,19H2,1H3,(H,32,35)/t26-/m0/s1. The summed E-state index contributed by atoms with van der Waals surface area (Å²) in [5, 5.41) is 4.55. The summed E-state index contributed by atoms with van der Waals surface area (Å²) in [6, 6.07) is 21.4. The molecule has 0 bridgehead atoms. The van der Waals surface area contributed by atoms with Gasteiger partial charge in [-0.2, -0.15) is 0 Å². The van der Waals surface area contributed by atoms with Crippen LogP contribution in [0.15, 0.2) is 72.8 Å². The topological polar surface area (TPSA) is 49.4 Å². The van der Waals surface area contributed by atoms with Crippen LogP contribution in [0.25, 0.3) is 0 Å². The van der Waals surface area contributed by atoms with Crippen LogP contribution in [0.1, 0.15) is 36.5 Å². The number of nitrogens with one attached hydrogen (secondary N) is 1. The summed E-state index contributed by atoms with van der Waals surface area (Å²) in [6.45, 7) is 2.90. The van der Waals surface area contributed by atoms with Gasteiger partial charge in [-0.25, -0.2) is 0 Å². The minimum absolute atomic E-state index is 0.0527. The Kier molecular flexibility index (Phi) is 10.5. The first-order valence-electron chi connectivity index (χ1n) is 11.7. The van der Waals surface area contributed by atoms with Crippen molar-refractivity contribution < 1.29 is 9.59 Å². The van der Waals surface area contributed by atoms with Crippen molar-refractivity contribution >= 4 is 46.6 Å². The average Bonchev–Trinajstić information content (AvgIpc) is 2.85. The lowest BCUT2D eigenvalue weighted by molar-refractivity contribution is -0.140. The molecular weight excluding hydrogens is 503 g/mol. The van der Waals surface area contributed by atoms with Gasteiger partial charge in [0.1, 0.15) is 6.04 Å². The van der Waals surface area contributed by atoms with Gasteiger partial charge in [-0.05, 0) is 47.4 Å². The SMILES string of the molecule is CCCCNC(=O)[C@H](Cc1ccccc1)N(Cc1ccc(Cl)cc1)C(=O)Cc1ccc(Cl)cc1Cl. The molecule has 0 aromatic heterocycles. The molecule has 3 aromatic rings. The van der Waals surface area contributed by atoms with Gasteiger partial charge in [0.15, 0.2) is 0 Å². The zero-order valence-electron chi connectivity index (χ0n) is 19.6. The minimum Gasteiger partial charge on any atom is -0.354 e. The van der Waals surface area contributed by atoms with Gasteiger partial charge in [-0.15, -0.1) is 0 Å². The first-order valence-corrected chi connectivity index (χ1v) is 12.8. The maximum Gasteiger partial charge on any atom is 0.243 e. The molecule has 4 nitrogen and oxygen atoms in total. The Morgan fingerprint density at radius 2 is 1.57 bits per heavy atom. The normalized spacial score (nSPS) is 11.7. The van der Waals surface area contributed by atoms with Gasteiger partial charge in [0, 0.05) is 34.6 Å². The van der Waals surface area contributed by atoms with Crippen LogP contribution >= 0.6 is 34.8 Å². The van der Waals surface area contributed by atoms with E-state index in [9.17, 15) is 9.59 Å². The molecule has 184 valence electrons. The van der Waals surface area contributed by atoms with Crippen LogP contribution in [-0.4, -0.2) is 29.3 Å². The molecular formula is C28H29Cl3N2O2. The van der Waals surface area contributed by atoms with Crippen LogP contribution in [0, 0.1) is 0 Å². The van der Waals surface area contributed by atoms with Gasteiger partial charge < -0.3 is 10.2 Å². The van der Waals surface area contributed by atoms with Gasteiger partial charge in [-0.3, -0.25) is 9.59 Å². The fourth-order valence-electron chi connectivity index (χ4n) is 3.78. The van der Waals surface area contributed by atoms with E-state index in [4.69, 9.17) is 34.8 Å². The number of amides is 2.